The van der Waals surface area contributed by atoms with E-state index in [2.05, 4.69) is 0 Å². The van der Waals surface area contributed by atoms with Gasteiger partial charge in [0.25, 0.3) is 11.1 Å². The van der Waals surface area contributed by atoms with Gasteiger partial charge in [-0.15, -0.1) is 0 Å². The maximum atomic E-state index is 12.7. The number of amides is 2. The Hall–Kier alpha value is -3.06. The Bertz CT molecular complexity index is 936. The minimum Gasteiger partial charge on any atom is -0.493 e. The molecule has 144 valence electrons. The molecule has 0 aromatic heterocycles. The number of anilines is 1. The molecule has 0 unspecified atom stereocenters. The molecule has 1 fully saturated rings. The molecule has 1 aliphatic rings. The first-order valence-electron chi connectivity index (χ1n) is 8.79. The summed E-state index contributed by atoms with van der Waals surface area (Å²) in [5, 5.41) is 8.33. The summed E-state index contributed by atoms with van der Waals surface area (Å²) in [6.45, 7) is 2.10. The second kappa shape index (κ2) is 8.75. The summed E-state index contributed by atoms with van der Waals surface area (Å²) in [4.78, 5) is 37.2. The van der Waals surface area contributed by atoms with Gasteiger partial charge in [-0.3, -0.25) is 14.4 Å². The summed E-state index contributed by atoms with van der Waals surface area (Å²) in [6, 6.07) is 14.3. The topological polar surface area (TPSA) is 83.9 Å². The highest BCUT2D eigenvalue weighted by atomic mass is 32.2. The Labute approximate surface area is 166 Å². The molecule has 0 aliphatic carbocycles. The number of aryl methyl sites for hydroxylation is 1. The molecule has 6 nitrogen and oxygen atoms in total. The van der Waals surface area contributed by atoms with Gasteiger partial charge in [-0.1, -0.05) is 31.2 Å². The average Bonchev–Trinajstić information content (AvgIpc) is 2.95. The number of carbonyl (C=O) groups excluding carboxylic acids is 2. The van der Waals surface area contributed by atoms with E-state index in [-0.39, 0.29) is 24.2 Å². The lowest BCUT2D eigenvalue weighted by Gasteiger charge is -2.12. The number of hydrogen-bond acceptors (Lipinski definition) is 5. The van der Waals surface area contributed by atoms with Crippen molar-refractivity contribution in [1.82, 2.24) is 0 Å². The van der Waals surface area contributed by atoms with Crippen LogP contribution in [0.2, 0.25) is 0 Å². The quantitative estimate of drug-likeness (QED) is 0.700. The lowest BCUT2D eigenvalue weighted by atomic mass is 10.1. The lowest BCUT2D eigenvalue weighted by molar-refractivity contribution is -0.137. The predicted molar refractivity (Wildman–Crippen MR) is 108 cm³/mol. The Morgan fingerprint density at radius 3 is 2.61 bits per heavy atom. The summed E-state index contributed by atoms with van der Waals surface area (Å²) in [6.07, 6.45) is 2.42. The molecule has 7 heteroatoms. The second-order valence-corrected chi connectivity index (χ2v) is 7.10. The van der Waals surface area contributed by atoms with Gasteiger partial charge in [0.1, 0.15) is 5.75 Å². The van der Waals surface area contributed by atoms with Crippen molar-refractivity contribution in [3.8, 4) is 5.75 Å². The Morgan fingerprint density at radius 1 is 1.18 bits per heavy atom. The number of carbonyl (C=O) groups is 3. The van der Waals surface area contributed by atoms with E-state index in [0.29, 0.717) is 21.9 Å². The molecule has 0 spiro atoms. The molecule has 1 heterocycles. The van der Waals surface area contributed by atoms with Crippen LogP contribution in [0.3, 0.4) is 0 Å². The highest BCUT2D eigenvalue weighted by Crippen LogP contribution is 2.36. The maximum Gasteiger partial charge on any atom is 0.306 e. The zero-order chi connectivity index (χ0) is 20.1. The van der Waals surface area contributed by atoms with Crippen molar-refractivity contribution in [1.29, 1.82) is 0 Å². The fourth-order valence-corrected chi connectivity index (χ4v) is 3.51. The Balaban J connectivity index is 1.76. The van der Waals surface area contributed by atoms with Gasteiger partial charge in [0, 0.05) is 0 Å². The highest BCUT2D eigenvalue weighted by Gasteiger charge is 2.36. The van der Waals surface area contributed by atoms with Crippen LogP contribution < -0.4 is 9.64 Å². The van der Waals surface area contributed by atoms with Gasteiger partial charge >= 0.3 is 5.97 Å². The van der Waals surface area contributed by atoms with Crippen LogP contribution in [0.4, 0.5) is 10.5 Å². The SMILES string of the molecule is CCc1ccc(N2C(=O)S/C(=C/c3cccc(OCCC(=O)O)c3)C2=O)cc1. The number of rotatable bonds is 7. The molecule has 0 atom stereocenters. The van der Waals surface area contributed by atoms with Gasteiger partial charge < -0.3 is 9.84 Å². The van der Waals surface area contributed by atoms with Crippen molar-refractivity contribution in [2.75, 3.05) is 11.5 Å². The molecule has 2 amide bonds. The summed E-state index contributed by atoms with van der Waals surface area (Å²) < 4.78 is 5.40. The zero-order valence-corrected chi connectivity index (χ0v) is 16.1. The molecular weight excluding hydrogens is 378 g/mol. The molecular formula is C21H19NO5S. The number of hydrogen-bond donors (Lipinski definition) is 1. The van der Waals surface area contributed by atoms with Crippen LogP contribution in [-0.2, 0) is 16.0 Å². The molecule has 1 saturated heterocycles. The van der Waals surface area contributed by atoms with Gasteiger partial charge in [0.05, 0.1) is 23.6 Å². The molecule has 1 aliphatic heterocycles. The fraction of sp³-hybridized carbons (Fsp3) is 0.190. The average molecular weight is 397 g/mol. The van der Waals surface area contributed by atoms with Crippen molar-refractivity contribution >= 4 is 40.6 Å². The molecule has 0 saturated carbocycles. The number of nitrogens with zero attached hydrogens (tertiary/aromatic N) is 1. The summed E-state index contributed by atoms with van der Waals surface area (Å²) in [7, 11) is 0. The number of carboxylic acid groups (broad SMARTS) is 1. The molecule has 3 rings (SSSR count). The minimum atomic E-state index is -0.934. The van der Waals surface area contributed by atoms with Crippen LogP contribution in [0.1, 0.15) is 24.5 Å². The first-order valence-corrected chi connectivity index (χ1v) is 9.61. The van der Waals surface area contributed by atoms with Gasteiger partial charge in [-0.2, -0.15) is 0 Å². The molecule has 0 radical (unpaired) electrons. The van der Waals surface area contributed by atoms with Crippen LogP contribution in [0.5, 0.6) is 5.75 Å². The summed E-state index contributed by atoms with van der Waals surface area (Å²) in [5.74, 6) is -0.794. The van der Waals surface area contributed by atoms with E-state index in [1.165, 1.54) is 4.90 Å². The van der Waals surface area contributed by atoms with Gasteiger partial charge in [-0.25, -0.2) is 4.90 Å². The van der Waals surface area contributed by atoms with E-state index >= 15 is 0 Å². The maximum absolute atomic E-state index is 12.7. The highest BCUT2D eigenvalue weighted by molar-refractivity contribution is 8.19. The largest absolute Gasteiger partial charge is 0.493 e. The molecule has 0 bridgehead atoms. The van der Waals surface area contributed by atoms with Crippen LogP contribution in [-0.4, -0.2) is 28.8 Å². The number of imide groups is 1. The van der Waals surface area contributed by atoms with Crippen LogP contribution in [0.15, 0.2) is 53.4 Å². The number of carboxylic acids is 1. The monoisotopic (exact) mass is 397 g/mol. The Kier molecular flexibility index (Phi) is 6.16. The van der Waals surface area contributed by atoms with Gasteiger partial charge in [0.15, 0.2) is 0 Å². The number of thioether (sulfide) groups is 1. The standard InChI is InChI=1S/C21H19NO5S/c1-2-14-6-8-16(9-7-14)22-20(25)18(28-21(22)26)13-15-4-3-5-17(12-15)27-11-10-19(23)24/h3-9,12-13H,2,10-11H2,1H3,(H,23,24)/b18-13+. The van der Waals surface area contributed by atoms with E-state index in [1.807, 2.05) is 19.1 Å². The van der Waals surface area contributed by atoms with Crippen molar-refractivity contribution < 1.29 is 24.2 Å². The van der Waals surface area contributed by atoms with Crippen molar-refractivity contribution in [2.24, 2.45) is 0 Å². The van der Waals surface area contributed by atoms with E-state index in [4.69, 9.17) is 9.84 Å². The number of benzene rings is 2. The third-order valence-corrected chi connectivity index (χ3v) is 5.01. The van der Waals surface area contributed by atoms with Crippen LogP contribution >= 0.6 is 11.8 Å². The van der Waals surface area contributed by atoms with Gasteiger partial charge in [0.2, 0.25) is 0 Å². The molecule has 28 heavy (non-hydrogen) atoms. The first kappa shape index (κ1) is 19.7. The van der Waals surface area contributed by atoms with E-state index in [1.54, 1.807) is 42.5 Å². The van der Waals surface area contributed by atoms with Crippen LogP contribution in [0, 0.1) is 0 Å². The molecule has 2 aromatic carbocycles. The number of ether oxygens (including phenoxy) is 1. The molecule has 2 aromatic rings. The van der Waals surface area contributed by atoms with Crippen LogP contribution in [0.25, 0.3) is 6.08 Å². The molecule has 1 N–H and O–H groups in total. The smallest absolute Gasteiger partial charge is 0.306 e. The third-order valence-electron chi connectivity index (χ3n) is 4.14. The lowest BCUT2D eigenvalue weighted by Crippen LogP contribution is -2.27. The predicted octanol–water partition coefficient (Wildman–Crippen LogP) is 4.34. The van der Waals surface area contributed by atoms with Gasteiger partial charge in [-0.05, 0) is 59.7 Å². The summed E-state index contributed by atoms with van der Waals surface area (Å²) >= 11 is 0.889. The van der Waals surface area contributed by atoms with Crippen molar-refractivity contribution in [2.45, 2.75) is 19.8 Å². The fourth-order valence-electron chi connectivity index (χ4n) is 2.67. The van der Waals surface area contributed by atoms with E-state index in [9.17, 15) is 14.4 Å². The zero-order valence-electron chi connectivity index (χ0n) is 15.3. The normalized spacial score (nSPS) is 15.3. The second-order valence-electron chi connectivity index (χ2n) is 6.10. The summed E-state index contributed by atoms with van der Waals surface area (Å²) in [5.41, 5.74) is 2.37. The Morgan fingerprint density at radius 2 is 1.93 bits per heavy atom. The van der Waals surface area contributed by atoms with E-state index in [0.717, 1.165) is 23.7 Å². The third kappa shape index (κ3) is 4.61. The van der Waals surface area contributed by atoms with Crippen molar-refractivity contribution in [3.05, 3.63) is 64.6 Å². The first-order chi connectivity index (χ1) is 13.5. The minimum absolute atomic E-state index is 0.0586. The van der Waals surface area contributed by atoms with Crippen molar-refractivity contribution in [3.63, 3.8) is 0 Å². The number of aliphatic carboxylic acids is 1. The van der Waals surface area contributed by atoms with E-state index < -0.39 is 5.97 Å².